The summed E-state index contributed by atoms with van der Waals surface area (Å²) in [5.41, 5.74) is 1.50. The van der Waals surface area contributed by atoms with Gasteiger partial charge in [0.1, 0.15) is 5.82 Å². The Bertz CT molecular complexity index is 541. The molecule has 1 fully saturated rings. The summed E-state index contributed by atoms with van der Waals surface area (Å²) in [6.07, 6.45) is 2.12. The van der Waals surface area contributed by atoms with Gasteiger partial charge in [-0.2, -0.15) is 4.98 Å². The van der Waals surface area contributed by atoms with Crippen molar-refractivity contribution in [1.29, 1.82) is 0 Å². The highest BCUT2D eigenvalue weighted by Gasteiger charge is 2.22. The molecule has 0 aliphatic carbocycles. The molecule has 0 bridgehead atoms. The summed E-state index contributed by atoms with van der Waals surface area (Å²) in [6.45, 7) is 2.81. The second kappa shape index (κ2) is 4.49. The number of nitrogens with zero attached hydrogens (tertiary/aromatic N) is 2. The van der Waals surface area contributed by atoms with Crippen LogP contribution in [0.25, 0.3) is 11.4 Å². The van der Waals surface area contributed by atoms with Crippen molar-refractivity contribution >= 4 is 0 Å². The molecule has 2 heterocycles. The summed E-state index contributed by atoms with van der Waals surface area (Å²) in [5, 5.41) is 7.21. The van der Waals surface area contributed by atoms with E-state index in [1.165, 1.54) is 12.1 Å². The van der Waals surface area contributed by atoms with Crippen LogP contribution in [-0.2, 0) is 0 Å². The lowest BCUT2D eigenvalue weighted by Gasteiger charge is -2.01. The molecular weight excluding hydrogens is 233 g/mol. The average molecular weight is 247 g/mol. The lowest BCUT2D eigenvalue weighted by molar-refractivity contribution is 0.345. The largest absolute Gasteiger partial charge is 0.337 e. The summed E-state index contributed by atoms with van der Waals surface area (Å²) in [5.74, 6) is 0.751. The summed E-state index contributed by atoms with van der Waals surface area (Å²) in [6, 6.07) is 4.88. The van der Waals surface area contributed by atoms with Gasteiger partial charge in [-0.3, -0.25) is 0 Å². The van der Waals surface area contributed by atoms with Crippen molar-refractivity contribution in [3.05, 3.63) is 35.5 Å². The van der Waals surface area contributed by atoms with Crippen molar-refractivity contribution in [2.24, 2.45) is 0 Å². The van der Waals surface area contributed by atoms with Crippen molar-refractivity contribution in [3.63, 3.8) is 0 Å². The number of aromatic nitrogens is 2. The molecule has 0 radical (unpaired) electrons. The van der Waals surface area contributed by atoms with Gasteiger partial charge >= 0.3 is 0 Å². The second-order valence-corrected chi connectivity index (χ2v) is 4.62. The van der Waals surface area contributed by atoms with Gasteiger partial charge in [-0.25, -0.2) is 4.39 Å². The van der Waals surface area contributed by atoms with E-state index in [1.807, 2.05) is 13.0 Å². The van der Waals surface area contributed by atoms with E-state index >= 15 is 0 Å². The van der Waals surface area contributed by atoms with Crippen LogP contribution in [0.3, 0.4) is 0 Å². The third-order valence-electron chi connectivity index (χ3n) is 3.10. The van der Waals surface area contributed by atoms with E-state index in [4.69, 9.17) is 4.52 Å². The molecule has 1 atom stereocenters. The fourth-order valence-electron chi connectivity index (χ4n) is 2.25. The zero-order valence-electron chi connectivity index (χ0n) is 10.1. The third-order valence-corrected chi connectivity index (χ3v) is 3.10. The quantitative estimate of drug-likeness (QED) is 0.886. The minimum absolute atomic E-state index is 0.140. The van der Waals surface area contributed by atoms with Crippen LogP contribution in [0.15, 0.2) is 22.7 Å². The molecule has 0 spiro atoms. The Morgan fingerprint density at radius 2 is 2.28 bits per heavy atom. The Labute approximate surface area is 104 Å². The van der Waals surface area contributed by atoms with Gasteiger partial charge in [0.25, 0.3) is 0 Å². The van der Waals surface area contributed by atoms with Gasteiger partial charge in [-0.15, -0.1) is 0 Å². The van der Waals surface area contributed by atoms with Crippen molar-refractivity contribution in [1.82, 2.24) is 15.5 Å². The number of hydrogen-bond donors (Lipinski definition) is 1. The molecule has 1 aromatic carbocycles. The van der Waals surface area contributed by atoms with Crippen LogP contribution in [0.5, 0.6) is 0 Å². The van der Waals surface area contributed by atoms with Gasteiger partial charge in [0.15, 0.2) is 0 Å². The first-order valence-electron chi connectivity index (χ1n) is 6.07. The van der Waals surface area contributed by atoms with E-state index < -0.39 is 0 Å². The predicted octanol–water partition coefficient (Wildman–Crippen LogP) is 2.61. The maximum atomic E-state index is 13.3. The van der Waals surface area contributed by atoms with Crippen LogP contribution in [-0.4, -0.2) is 16.7 Å². The van der Waals surface area contributed by atoms with Gasteiger partial charge in [0.2, 0.25) is 11.7 Å². The smallest absolute Gasteiger partial charge is 0.244 e. The lowest BCUT2D eigenvalue weighted by Crippen LogP contribution is -2.12. The summed E-state index contributed by atoms with van der Waals surface area (Å²) in [4.78, 5) is 4.34. The Morgan fingerprint density at radius 3 is 3.00 bits per heavy atom. The van der Waals surface area contributed by atoms with Crippen molar-refractivity contribution < 1.29 is 8.91 Å². The molecular formula is C13H14FN3O. The Balaban J connectivity index is 1.92. The lowest BCUT2D eigenvalue weighted by atomic mass is 10.1. The molecule has 94 valence electrons. The first kappa shape index (κ1) is 11.3. The molecule has 3 rings (SSSR count). The maximum Gasteiger partial charge on any atom is 0.244 e. The zero-order chi connectivity index (χ0) is 12.5. The second-order valence-electron chi connectivity index (χ2n) is 4.62. The highest BCUT2D eigenvalue weighted by Crippen LogP contribution is 2.25. The highest BCUT2D eigenvalue weighted by molar-refractivity contribution is 5.55. The number of benzene rings is 1. The van der Waals surface area contributed by atoms with Gasteiger partial charge in [0.05, 0.1) is 6.04 Å². The van der Waals surface area contributed by atoms with Crippen LogP contribution in [0.1, 0.15) is 30.3 Å². The van der Waals surface area contributed by atoms with E-state index in [9.17, 15) is 4.39 Å². The molecule has 0 amide bonds. The van der Waals surface area contributed by atoms with E-state index in [0.717, 1.165) is 24.9 Å². The Morgan fingerprint density at radius 1 is 1.39 bits per heavy atom. The summed E-state index contributed by atoms with van der Waals surface area (Å²) < 4.78 is 18.6. The average Bonchev–Trinajstić information content (AvgIpc) is 2.99. The number of rotatable bonds is 2. The molecule has 4 nitrogen and oxygen atoms in total. The fraction of sp³-hybridized carbons (Fsp3) is 0.385. The number of nitrogens with one attached hydrogen (secondary N) is 1. The topological polar surface area (TPSA) is 51.0 Å². The molecule has 1 aromatic heterocycles. The van der Waals surface area contributed by atoms with Crippen LogP contribution < -0.4 is 5.32 Å². The molecule has 1 aliphatic heterocycles. The fourth-order valence-corrected chi connectivity index (χ4v) is 2.25. The highest BCUT2D eigenvalue weighted by atomic mass is 19.1. The van der Waals surface area contributed by atoms with Crippen molar-refractivity contribution in [2.75, 3.05) is 6.54 Å². The van der Waals surface area contributed by atoms with Crippen molar-refractivity contribution in [2.45, 2.75) is 25.8 Å². The normalized spacial score (nSPS) is 19.3. The molecule has 1 N–H and O–H groups in total. The van der Waals surface area contributed by atoms with Crippen LogP contribution in [0.4, 0.5) is 4.39 Å². The maximum absolute atomic E-state index is 13.3. The van der Waals surface area contributed by atoms with Gasteiger partial charge in [0, 0.05) is 5.56 Å². The zero-order valence-corrected chi connectivity index (χ0v) is 10.1. The standard InChI is InChI=1S/C13H14FN3O/c1-8-5-9(7-10(14)6-8)12-16-13(18-17-12)11-3-2-4-15-11/h5-7,11,15H,2-4H2,1H3/t11-/m0/s1. The number of hydrogen-bond acceptors (Lipinski definition) is 4. The monoisotopic (exact) mass is 247 g/mol. The van der Waals surface area contributed by atoms with E-state index in [0.29, 0.717) is 17.3 Å². The summed E-state index contributed by atoms with van der Waals surface area (Å²) in [7, 11) is 0. The molecule has 18 heavy (non-hydrogen) atoms. The van der Waals surface area contributed by atoms with E-state index in [1.54, 1.807) is 0 Å². The van der Waals surface area contributed by atoms with Crippen LogP contribution in [0, 0.1) is 12.7 Å². The van der Waals surface area contributed by atoms with Crippen molar-refractivity contribution in [3.8, 4) is 11.4 Å². The Kier molecular flexibility index (Phi) is 2.83. The molecule has 0 unspecified atom stereocenters. The minimum atomic E-state index is -0.282. The van der Waals surface area contributed by atoms with E-state index in [-0.39, 0.29) is 11.9 Å². The number of halogens is 1. The molecule has 0 saturated carbocycles. The number of aryl methyl sites for hydroxylation is 1. The van der Waals surface area contributed by atoms with E-state index in [2.05, 4.69) is 15.5 Å². The first-order valence-corrected chi connectivity index (χ1v) is 6.07. The van der Waals surface area contributed by atoms with Crippen LogP contribution >= 0.6 is 0 Å². The third kappa shape index (κ3) is 2.13. The molecule has 2 aromatic rings. The SMILES string of the molecule is Cc1cc(F)cc(-c2noc([C@@H]3CCCN3)n2)c1. The van der Waals surface area contributed by atoms with Crippen LogP contribution in [0.2, 0.25) is 0 Å². The molecule has 5 heteroatoms. The molecule has 1 aliphatic rings. The summed E-state index contributed by atoms with van der Waals surface area (Å²) >= 11 is 0. The minimum Gasteiger partial charge on any atom is -0.337 e. The van der Waals surface area contributed by atoms with Gasteiger partial charge < -0.3 is 9.84 Å². The predicted molar refractivity (Wildman–Crippen MR) is 64.4 cm³/mol. The van der Waals surface area contributed by atoms with Gasteiger partial charge in [-0.05, 0) is 50.1 Å². The van der Waals surface area contributed by atoms with Gasteiger partial charge in [-0.1, -0.05) is 5.16 Å². The molecule has 1 saturated heterocycles. The first-order chi connectivity index (χ1) is 8.72. The Hall–Kier alpha value is -1.75.